The lowest BCUT2D eigenvalue weighted by molar-refractivity contribution is 0.946. The van der Waals surface area contributed by atoms with Crippen molar-refractivity contribution in [2.45, 2.75) is 6.42 Å². The third-order valence-corrected chi connectivity index (χ3v) is 0.654. The molecular weight excluding hydrogens is 118 g/mol. The first-order valence-corrected chi connectivity index (χ1v) is 2.44. The monoisotopic (exact) mass is 127 g/mol. The van der Waals surface area contributed by atoms with Crippen molar-refractivity contribution in [2.75, 3.05) is 6.54 Å². The van der Waals surface area contributed by atoms with Crippen molar-refractivity contribution in [3.8, 4) is 6.07 Å². The van der Waals surface area contributed by atoms with Gasteiger partial charge in [-0.25, -0.2) is 5.84 Å². The summed E-state index contributed by atoms with van der Waals surface area (Å²) in [5, 5.41) is 8.04. The SMILES string of the molecule is N#CCCN=C(N)NN. The Labute approximate surface area is 53.3 Å². The molecule has 50 valence electrons. The minimum Gasteiger partial charge on any atom is -0.369 e. The van der Waals surface area contributed by atoms with E-state index in [1.807, 2.05) is 6.07 Å². The topological polar surface area (TPSA) is 100 Å². The summed E-state index contributed by atoms with van der Waals surface area (Å²) in [6, 6.07) is 1.92. The van der Waals surface area contributed by atoms with Crippen LogP contribution in [-0.2, 0) is 0 Å². The highest BCUT2D eigenvalue weighted by Gasteiger charge is 1.82. The quantitative estimate of drug-likeness (QED) is 0.141. The zero-order chi connectivity index (χ0) is 7.11. The van der Waals surface area contributed by atoms with Gasteiger partial charge in [-0.15, -0.1) is 0 Å². The Balaban J connectivity index is 3.35. The molecule has 0 spiro atoms. The van der Waals surface area contributed by atoms with E-state index in [0.29, 0.717) is 13.0 Å². The van der Waals surface area contributed by atoms with Gasteiger partial charge in [0.25, 0.3) is 0 Å². The minimum absolute atomic E-state index is 0.158. The normalized spacial score (nSPS) is 10.4. The van der Waals surface area contributed by atoms with Crippen LogP contribution < -0.4 is 17.0 Å². The van der Waals surface area contributed by atoms with Crippen LogP contribution in [0.4, 0.5) is 0 Å². The number of guanidine groups is 1. The maximum atomic E-state index is 8.04. The molecule has 0 aliphatic rings. The molecule has 0 bridgehead atoms. The maximum Gasteiger partial charge on any atom is 0.203 e. The van der Waals surface area contributed by atoms with Gasteiger partial charge in [-0.2, -0.15) is 5.26 Å². The Morgan fingerprint density at radius 1 is 1.78 bits per heavy atom. The first-order chi connectivity index (χ1) is 4.31. The van der Waals surface area contributed by atoms with E-state index >= 15 is 0 Å². The fraction of sp³-hybridized carbons (Fsp3) is 0.500. The Bertz CT molecular complexity index is 132. The molecule has 0 atom stereocenters. The second-order valence-corrected chi connectivity index (χ2v) is 1.32. The summed E-state index contributed by atoms with van der Waals surface area (Å²) < 4.78 is 0. The number of nitrogens with one attached hydrogen (secondary N) is 1. The van der Waals surface area contributed by atoms with Gasteiger partial charge in [-0.05, 0) is 0 Å². The molecule has 0 fully saturated rings. The van der Waals surface area contributed by atoms with Crippen molar-refractivity contribution in [1.29, 1.82) is 5.26 Å². The first kappa shape index (κ1) is 7.72. The summed E-state index contributed by atoms with van der Waals surface area (Å²) in [6.45, 7) is 0.395. The van der Waals surface area contributed by atoms with Crippen LogP contribution in [0.25, 0.3) is 0 Å². The highest BCUT2D eigenvalue weighted by Crippen LogP contribution is 1.74. The molecule has 0 saturated carbocycles. The Kier molecular flexibility index (Phi) is 4.18. The number of rotatable bonds is 2. The van der Waals surface area contributed by atoms with Crippen LogP contribution in [0.2, 0.25) is 0 Å². The van der Waals surface area contributed by atoms with Crippen molar-refractivity contribution in [3.05, 3.63) is 0 Å². The number of nitriles is 1. The summed E-state index contributed by atoms with van der Waals surface area (Å²) in [5.41, 5.74) is 7.26. The van der Waals surface area contributed by atoms with Crippen molar-refractivity contribution < 1.29 is 0 Å². The second-order valence-electron chi connectivity index (χ2n) is 1.32. The van der Waals surface area contributed by atoms with Gasteiger partial charge in [0.2, 0.25) is 5.96 Å². The highest BCUT2D eigenvalue weighted by atomic mass is 15.3. The molecule has 0 unspecified atom stereocenters. The third kappa shape index (κ3) is 4.58. The molecule has 0 saturated heterocycles. The molecular formula is C4H9N5. The molecule has 5 N–H and O–H groups in total. The summed E-state index contributed by atoms with van der Waals surface area (Å²) >= 11 is 0. The fourth-order valence-corrected chi connectivity index (χ4v) is 0.272. The largest absolute Gasteiger partial charge is 0.369 e. The van der Waals surface area contributed by atoms with Crippen LogP contribution >= 0.6 is 0 Å². The molecule has 0 aromatic heterocycles. The molecule has 0 amide bonds. The molecule has 0 radical (unpaired) electrons. The lowest BCUT2D eigenvalue weighted by Gasteiger charge is -1.94. The molecule has 9 heavy (non-hydrogen) atoms. The molecule has 5 heteroatoms. The Morgan fingerprint density at radius 2 is 2.44 bits per heavy atom. The predicted molar refractivity (Wildman–Crippen MR) is 34.0 cm³/mol. The van der Waals surface area contributed by atoms with Gasteiger partial charge in [0.15, 0.2) is 0 Å². The van der Waals surface area contributed by atoms with E-state index in [9.17, 15) is 0 Å². The molecule has 0 aliphatic carbocycles. The maximum absolute atomic E-state index is 8.04. The molecule has 0 aromatic carbocycles. The van der Waals surface area contributed by atoms with E-state index in [0.717, 1.165) is 0 Å². The van der Waals surface area contributed by atoms with E-state index in [1.54, 1.807) is 0 Å². The second kappa shape index (κ2) is 4.87. The average Bonchev–Trinajstić information content (AvgIpc) is 1.89. The highest BCUT2D eigenvalue weighted by molar-refractivity contribution is 5.77. The number of nitrogens with zero attached hydrogens (tertiary/aromatic N) is 2. The van der Waals surface area contributed by atoms with E-state index in [2.05, 4.69) is 10.4 Å². The summed E-state index contributed by atoms with van der Waals surface area (Å²) in [6.07, 6.45) is 0.363. The Morgan fingerprint density at radius 3 is 2.89 bits per heavy atom. The van der Waals surface area contributed by atoms with E-state index in [1.165, 1.54) is 0 Å². The molecule has 0 aromatic rings. The van der Waals surface area contributed by atoms with Crippen molar-refractivity contribution >= 4 is 5.96 Å². The van der Waals surface area contributed by atoms with Crippen LogP contribution in [0.15, 0.2) is 4.99 Å². The van der Waals surface area contributed by atoms with Crippen LogP contribution in [0, 0.1) is 11.3 Å². The van der Waals surface area contributed by atoms with Crippen molar-refractivity contribution in [1.82, 2.24) is 5.43 Å². The minimum atomic E-state index is 0.158. The standard InChI is InChI=1S/C4H9N5/c5-2-1-3-8-4(6)9-7/h1,3,7H2,(H3,6,8,9). The lowest BCUT2D eigenvalue weighted by Crippen LogP contribution is -2.37. The van der Waals surface area contributed by atoms with Gasteiger partial charge in [0.05, 0.1) is 19.0 Å². The van der Waals surface area contributed by atoms with Crippen LogP contribution in [-0.4, -0.2) is 12.5 Å². The van der Waals surface area contributed by atoms with Gasteiger partial charge in [0, 0.05) is 0 Å². The summed E-state index contributed by atoms with van der Waals surface area (Å²) in [4.78, 5) is 3.67. The van der Waals surface area contributed by atoms with Gasteiger partial charge >= 0.3 is 0 Å². The van der Waals surface area contributed by atoms with E-state index < -0.39 is 0 Å². The lowest BCUT2D eigenvalue weighted by atomic mass is 10.5. The third-order valence-electron chi connectivity index (χ3n) is 0.654. The first-order valence-electron chi connectivity index (χ1n) is 2.44. The number of hydrogen-bond donors (Lipinski definition) is 3. The number of nitrogens with two attached hydrogens (primary N) is 2. The van der Waals surface area contributed by atoms with E-state index in [4.69, 9.17) is 16.8 Å². The van der Waals surface area contributed by atoms with E-state index in [-0.39, 0.29) is 5.96 Å². The Hall–Kier alpha value is -1.28. The van der Waals surface area contributed by atoms with Crippen LogP contribution in [0.1, 0.15) is 6.42 Å². The molecule has 0 heterocycles. The number of hydrazine groups is 1. The molecule has 0 aliphatic heterocycles. The summed E-state index contributed by atoms with van der Waals surface area (Å²) in [7, 11) is 0. The fourth-order valence-electron chi connectivity index (χ4n) is 0.272. The van der Waals surface area contributed by atoms with Gasteiger partial charge in [-0.1, -0.05) is 0 Å². The number of hydrogen-bond acceptors (Lipinski definition) is 3. The van der Waals surface area contributed by atoms with Crippen LogP contribution in [0.5, 0.6) is 0 Å². The van der Waals surface area contributed by atoms with Crippen molar-refractivity contribution in [3.63, 3.8) is 0 Å². The zero-order valence-electron chi connectivity index (χ0n) is 4.96. The van der Waals surface area contributed by atoms with Gasteiger partial charge < -0.3 is 5.73 Å². The molecule has 0 rings (SSSR count). The van der Waals surface area contributed by atoms with Crippen LogP contribution in [0.3, 0.4) is 0 Å². The zero-order valence-corrected chi connectivity index (χ0v) is 4.96. The van der Waals surface area contributed by atoms with Gasteiger partial charge in [-0.3, -0.25) is 10.4 Å². The summed E-state index contributed by atoms with van der Waals surface area (Å²) in [5.74, 6) is 5.02. The number of aliphatic imine (C=N–C) groups is 1. The predicted octanol–water partition coefficient (Wildman–Crippen LogP) is -1.32. The van der Waals surface area contributed by atoms with Gasteiger partial charge in [0.1, 0.15) is 0 Å². The smallest absolute Gasteiger partial charge is 0.203 e. The molecule has 5 nitrogen and oxygen atoms in total. The average molecular weight is 127 g/mol. The van der Waals surface area contributed by atoms with Crippen molar-refractivity contribution in [2.24, 2.45) is 16.6 Å².